The summed E-state index contributed by atoms with van der Waals surface area (Å²) in [6.45, 7) is 0. The number of aromatic nitrogens is 1. The zero-order valence-corrected chi connectivity index (χ0v) is 10.5. The fourth-order valence-electron chi connectivity index (χ4n) is 2.34. The van der Waals surface area contributed by atoms with E-state index in [-0.39, 0.29) is 11.6 Å². The van der Waals surface area contributed by atoms with Crippen molar-refractivity contribution in [3.05, 3.63) is 29.6 Å². The number of rotatable bonds is 2. The molecule has 0 spiro atoms. The number of amides is 1. The molecule has 0 saturated heterocycles. The maximum absolute atomic E-state index is 12.1. The van der Waals surface area contributed by atoms with Gasteiger partial charge in [-0.3, -0.25) is 4.79 Å². The maximum atomic E-state index is 12.1. The van der Waals surface area contributed by atoms with Crippen LogP contribution in [0.3, 0.4) is 0 Å². The van der Waals surface area contributed by atoms with Gasteiger partial charge < -0.3 is 5.32 Å². The Kier molecular flexibility index (Phi) is 3.77. The second-order valence-electron chi connectivity index (χ2n) is 4.75. The third kappa shape index (κ3) is 2.89. The van der Waals surface area contributed by atoms with Crippen LogP contribution < -0.4 is 5.32 Å². The van der Waals surface area contributed by atoms with Crippen molar-refractivity contribution in [3.8, 4) is 12.1 Å². The van der Waals surface area contributed by atoms with Gasteiger partial charge in [-0.25, -0.2) is 4.98 Å². The lowest BCUT2D eigenvalue weighted by atomic mass is 9.82. The van der Waals surface area contributed by atoms with Gasteiger partial charge in [0.1, 0.15) is 17.3 Å². The number of nitriles is 2. The highest BCUT2D eigenvalue weighted by Crippen LogP contribution is 2.27. The minimum absolute atomic E-state index is 0.197. The molecule has 1 aliphatic carbocycles. The summed E-state index contributed by atoms with van der Waals surface area (Å²) in [6, 6.07) is 7.11. The lowest BCUT2D eigenvalue weighted by molar-refractivity contribution is 0.0902. The molecule has 96 valence electrons. The predicted octanol–water partition coefficient (Wildman–Crippen LogP) is 1.91. The average Bonchev–Trinajstić information content (AvgIpc) is 2.48. The molecular weight excluding hydrogens is 240 g/mol. The molecule has 0 aliphatic heterocycles. The third-order valence-corrected chi connectivity index (χ3v) is 3.41. The number of pyridine rings is 1. The van der Waals surface area contributed by atoms with E-state index in [4.69, 9.17) is 5.26 Å². The van der Waals surface area contributed by atoms with Crippen LogP contribution in [0.1, 0.15) is 48.2 Å². The first-order valence-electron chi connectivity index (χ1n) is 6.29. The first kappa shape index (κ1) is 13.0. The van der Waals surface area contributed by atoms with Crippen molar-refractivity contribution in [2.75, 3.05) is 0 Å². The second-order valence-corrected chi connectivity index (χ2v) is 4.75. The standard InChI is InChI=1S/C14H14N4O/c15-9-12-8-11(4-7-17-12)13(19)18-14(10-16)5-2-1-3-6-14/h4,7-8H,1-3,5-6H2,(H,18,19). The molecule has 2 rings (SSSR count). The molecular formula is C14H14N4O. The highest BCUT2D eigenvalue weighted by atomic mass is 16.1. The van der Waals surface area contributed by atoms with Crippen LogP contribution in [0.25, 0.3) is 0 Å². The summed E-state index contributed by atoms with van der Waals surface area (Å²) in [7, 11) is 0. The number of nitrogens with one attached hydrogen (secondary N) is 1. The van der Waals surface area contributed by atoms with Gasteiger partial charge in [-0.1, -0.05) is 19.3 Å². The molecule has 1 saturated carbocycles. The van der Waals surface area contributed by atoms with E-state index in [1.165, 1.54) is 12.3 Å². The van der Waals surface area contributed by atoms with E-state index in [2.05, 4.69) is 16.4 Å². The average molecular weight is 254 g/mol. The Morgan fingerprint density at radius 1 is 1.32 bits per heavy atom. The summed E-state index contributed by atoms with van der Waals surface area (Å²) in [5, 5.41) is 20.9. The van der Waals surface area contributed by atoms with Crippen molar-refractivity contribution >= 4 is 5.91 Å². The summed E-state index contributed by atoms with van der Waals surface area (Å²) in [6.07, 6.45) is 5.80. The van der Waals surface area contributed by atoms with Crippen LogP contribution in [0.5, 0.6) is 0 Å². The normalized spacial score (nSPS) is 16.9. The van der Waals surface area contributed by atoms with Crippen molar-refractivity contribution in [2.24, 2.45) is 0 Å². The minimum atomic E-state index is -0.759. The Bertz CT molecular complexity index is 562. The smallest absolute Gasteiger partial charge is 0.252 e. The molecule has 1 heterocycles. The molecule has 5 nitrogen and oxygen atoms in total. The molecule has 0 unspecified atom stereocenters. The zero-order chi connectivity index (χ0) is 13.7. The van der Waals surface area contributed by atoms with E-state index in [0.717, 1.165) is 19.3 Å². The number of carbonyl (C=O) groups is 1. The third-order valence-electron chi connectivity index (χ3n) is 3.41. The SMILES string of the molecule is N#Cc1cc(C(=O)NC2(C#N)CCCCC2)ccn1. The molecule has 0 bridgehead atoms. The molecule has 1 aromatic rings. The van der Waals surface area contributed by atoms with Crippen molar-refractivity contribution in [3.63, 3.8) is 0 Å². The van der Waals surface area contributed by atoms with Gasteiger partial charge in [0, 0.05) is 11.8 Å². The Hall–Kier alpha value is -2.40. The van der Waals surface area contributed by atoms with E-state index in [9.17, 15) is 10.1 Å². The molecule has 1 amide bonds. The number of nitrogens with zero attached hydrogens (tertiary/aromatic N) is 3. The molecule has 5 heteroatoms. The second kappa shape index (κ2) is 5.49. The molecule has 1 aromatic heterocycles. The van der Waals surface area contributed by atoms with Crippen molar-refractivity contribution < 1.29 is 4.79 Å². The van der Waals surface area contributed by atoms with Gasteiger partial charge in [0.25, 0.3) is 5.91 Å². The number of hydrogen-bond acceptors (Lipinski definition) is 4. The Labute approximate surface area is 111 Å². The minimum Gasteiger partial charge on any atom is -0.334 e. The summed E-state index contributed by atoms with van der Waals surface area (Å²) in [5.74, 6) is -0.317. The van der Waals surface area contributed by atoms with Gasteiger partial charge in [-0.15, -0.1) is 0 Å². The molecule has 1 aliphatic rings. The van der Waals surface area contributed by atoms with Crippen LogP contribution in [-0.4, -0.2) is 16.4 Å². The van der Waals surface area contributed by atoms with Crippen LogP contribution in [0.15, 0.2) is 18.3 Å². The fraction of sp³-hybridized carbons (Fsp3) is 0.429. The Balaban J connectivity index is 2.16. The van der Waals surface area contributed by atoms with Crippen LogP contribution in [0, 0.1) is 22.7 Å². The molecule has 1 fully saturated rings. The molecule has 0 atom stereocenters. The van der Waals surface area contributed by atoms with Crippen LogP contribution in [-0.2, 0) is 0 Å². The van der Waals surface area contributed by atoms with Gasteiger partial charge in [-0.05, 0) is 25.0 Å². The van der Waals surface area contributed by atoms with Crippen molar-refractivity contribution in [1.29, 1.82) is 10.5 Å². The molecule has 19 heavy (non-hydrogen) atoms. The van der Waals surface area contributed by atoms with Crippen LogP contribution in [0.2, 0.25) is 0 Å². The maximum Gasteiger partial charge on any atom is 0.252 e. The highest BCUT2D eigenvalue weighted by Gasteiger charge is 2.33. The van der Waals surface area contributed by atoms with Crippen LogP contribution >= 0.6 is 0 Å². The van der Waals surface area contributed by atoms with E-state index < -0.39 is 5.54 Å². The van der Waals surface area contributed by atoms with Crippen molar-refractivity contribution in [2.45, 2.75) is 37.6 Å². The first-order chi connectivity index (χ1) is 9.19. The fourth-order valence-corrected chi connectivity index (χ4v) is 2.34. The van der Waals surface area contributed by atoms with Gasteiger partial charge in [-0.2, -0.15) is 10.5 Å². The van der Waals surface area contributed by atoms with Gasteiger partial charge in [0.05, 0.1) is 6.07 Å². The lowest BCUT2D eigenvalue weighted by Gasteiger charge is -2.31. The Morgan fingerprint density at radius 3 is 2.68 bits per heavy atom. The molecule has 1 N–H and O–H groups in total. The van der Waals surface area contributed by atoms with Gasteiger partial charge in [0.2, 0.25) is 0 Å². The van der Waals surface area contributed by atoms with Crippen LogP contribution in [0.4, 0.5) is 0 Å². The highest BCUT2D eigenvalue weighted by molar-refractivity contribution is 5.95. The predicted molar refractivity (Wildman–Crippen MR) is 67.8 cm³/mol. The summed E-state index contributed by atoms with van der Waals surface area (Å²) >= 11 is 0. The quantitative estimate of drug-likeness (QED) is 0.872. The number of carbonyl (C=O) groups excluding carboxylic acids is 1. The lowest BCUT2D eigenvalue weighted by Crippen LogP contribution is -2.48. The van der Waals surface area contributed by atoms with E-state index in [1.54, 1.807) is 6.07 Å². The van der Waals surface area contributed by atoms with E-state index in [0.29, 0.717) is 18.4 Å². The molecule has 0 aromatic carbocycles. The monoisotopic (exact) mass is 254 g/mol. The van der Waals surface area contributed by atoms with Gasteiger partial charge in [0.15, 0.2) is 0 Å². The van der Waals surface area contributed by atoms with E-state index in [1.807, 2.05) is 6.07 Å². The first-order valence-corrected chi connectivity index (χ1v) is 6.29. The van der Waals surface area contributed by atoms with E-state index >= 15 is 0 Å². The topological polar surface area (TPSA) is 89.6 Å². The number of hydrogen-bond donors (Lipinski definition) is 1. The summed E-state index contributed by atoms with van der Waals surface area (Å²) in [5.41, 5.74) is -0.195. The largest absolute Gasteiger partial charge is 0.334 e. The van der Waals surface area contributed by atoms with Gasteiger partial charge >= 0.3 is 0 Å². The summed E-state index contributed by atoms with van der Waals surface area (Å²) < 4.78 is 0. The molecule has 0 radical (unpaired) electrons. The van der Waals surface area contributed by atoms with Crippen molar-refractivity contribution in [1.82, 2.24) is 10.3 Å². The summed E-state index contributed by atoms with van der Waals surface area (Å²) in [4.78, 5) is 16.0. The Morgan fingerprint density at radius 2 is 2.05 bits per heavy atom. The zero-order valence-electron chi connectivity index (χ0n) is 10.5.